The molecule has 2 aromatic rings. The van der Waals surface area contributed by atoms with Crippen molar-refractivity contribution in [3.63, 3.8) is 0 Å². The molecule has 4 nitrogen and oxygen atoms in total. The summed E-state index contributed by atoms with van der Waals surface area (Å²) < 4.78 is 7.38. The molecule has 0 N–H and O–H groups in total. The molecule has 0 bridgehead atoms. The predicted octanol–water partition coefficient (Wildman–Crippen LogP) is 3.21. The third-order valence-electron chi connectivity index (χ3n) is 2.75. The number of halogens is 1. The van der Waals surface area contributed by atoms with Crippen molar-refractivity contribution in [1.29, 1.82) is 0 Å². The molecule has 0 spiro atoms. The first-order valence-corrected chi connectivity index (χ1v) is 6.47. The highest BCUT2D eigenvalue weighted by Gasteiger charge is 2.21. The quantitative estimate of drug-likeness (QED) is 0.789. The minimum Gasteiger partial charge on any atom is -0.482 e. The molecule has 1 atom stereocenters. The fourth-order valence-corrected chi connectivity index (χ4v) is 1.95. The molecular formula is C14H15ClN2O2. The van der Waals surface area contributed by atoms with E-state index in [1.807, 2.05) is 6.92 Å². The molecule has 1 aromatic carbocycles. The summed E-state index contributed by atoms with van der Waals surface area (Å²) in [5.74, 6) is 0.840. The molecule has 0 saturated carbocycles. The van der Waals surface area contributed by atoms with E-state index in [1.165, 1.54) is 0 Å². The molecule has 1 unspecified atom stereocenters. The van der Waals surface area contributed by atoms with Crippen molar-refractivity contribution in [3.8, 4) is 5.75 Å². The maximum Gasteiger partial charge on any atom is 0.238 e. The van der Waals surface area contributed by atoms with Crippen LogP contribution >= 0.6 is 11.6 Å². The number of hydrogen-bond acceptors (Lipinski definition) is 3. The van der Waals surface area contributed by atoms with Gasteiger partial charge in [0, 0.05) is 24.0 Å². The Balaban J connectivity index is 2.12. The molecule has 1 aromatic heterocycles. The molecule has 5 heteroatoms. The van der Waals surface area contributed by atoms with Crippen LogP contribution in [0.2, 0.25) is 5.02 Å². The Morgan fingerprint density at radius 1 is 1.53 bits per heavy atom. The number of hydrogen-bond donors (Lipinski definition) is 0. The number of ketones is 1. The number of rotatable bonds is 5. The maximum absolute atomic E-state index is 12.2. The lowest BCUT2D eigenvalue weighted by Crippen LogP contribution is -2.26. The number of Topliss-reactive ketones (excluding diaryl/α,β-unsaturated/α-hetero) is 1. The van der Waals surface area contributed by atoms with Crippen molar-refractivity contribution >= 4 is 17.4 Å². The van der Waals surface area contributed by atoms with Crippen LogP contribution in [0.25, 0.3) is 0 Å². The molecule has 0 saturated heterocycles. The summed E-state index contributed by atoms with van der Waals surface area (Å²) in [7, 11) is 0. The second-order valence-corrected chi connectivity index (χ2v) is 4.56. The van der Waals surface area contributed by atoms with E-state index in [1.54, 1.807) is 48.1 Å². The molecule has 0 aliphatic heterocycles. The van der Waals surface area contributed by atoms with Gasteiger partial charge in [-0.15, -0.1) is 0 Å². The molecule has 0 radical (unpaired) electrons. The number of benzene rings is 1. The molecule has 19 heavy (non-hydrogen) atoms. The normalized spacial score (nSPS) is 12.2. The van der Waals surface area contributed by atoms with Crippen LogP contribution in [0.4, 0.5) is 0 Å². The minimum absolute atomic E-state index is 0.146. The fourth-order valence-electron chi connectivity index (χ4n) is 1.77. The van der Waals surface area contributed by atoms with Crippen molar-refractivity contribution in [2.45, 2.75) is 26.5 Å². The Hall–Kier alpha value is -1.81. The number of carbonyl (C=O) groups is 1. The fraction of sp³-hybridized carbons (Fsp3) is 0.286. The van der Waals surface area contributed by atoms with Crippen molar-refractivity contribution in [2.75, 3.05) is 0 Å². The van der Waals surface area contributed by atoms with Gasteiger partial charge in [0.15, 0.2) is 11.9 Å². The average molecular weight is 279 g/mol. The highest BCUT2D eigenvalue weighted by molar-refractivity contribution is 6.30. The second-order valence-electron chi connectivity index (χ2n) is 4.12. The van der Waals surface area contributed by atoms with E-state index in [9.17, 15) is 4.79 Å². The van der Waals surface area contributed by atoms with Crippen LogP contribution in [-0.4, -0.2) is 21.4 Å². The zero-order chi connectivity index (χ0) is 13.8. The number of ether oxygens (including phenoxy) is 1. The van der Waals surface area contributed by atoms with Gasteiger partial charge in [0.1, 0.15) is 5.75 Å². The van der Waals surface area contributed by atoms with Crippen molar-refractivity contribution in [2.24, 2.45) is 0 Å². The lowest BCUT2D eigenvalue weighted by Gasteiger charge is -2.14. The molecule has 1 heterocycles. The Bertz CT molecular complexity index is 580. The molecule has 0 amide bonds. The van der Waals surface area contributed by atoms with E-state index in [4.69, 9.17) is 16.3 Å². The Morgan fingerprint density at radius 3 is 3.00 bits per heavy atom. The van der Waals surface area contributed by atoms with Crippen LogP contribution in [0.3, 0.4) is 0 Å². The van der Waals surface area contributed by atoms with Crippen molar-refractivity contribution in [3.05, 3.63) is 47.5 Å². The number of aryl methyl sites for hydroxylation is 1. The standard InChI is InChI=1S/C14H15ClN2O2/c1-3-17-8-7-16-14(17)13(18)10(2)19-12-6-4-5-11(15)9-12/h4-10H,3H2,1-2H3. The Kier molecular flexibility index (Phi) is 4.22. The van der Waals surface area contributed by atoms with Gasteiger partial charge in [0.2, 0.25) is 5.78 Å². The van der Waals surface area contributed by atoms with E-state index >= 15 is 0 Å². The monoisotopic (exact) mass is 278 g/mol. The van der Waals surface area contributed by atoms with Gasteiger partial charge in [-0.05, 0) is 32.0 Å². The first-order valence-electron chi connectivity index (χ1n) is 6.09. The maximum atomic E-state index is 12.2. The highest BCUT2D eigenvalue weighted by atomic mass is 35.5. The summed E-state index contributed by atoms with van der Waals surface area (Å²) in [6.45, 7) is 4.36. The topological polar surface area (TPSA) is 44.1 Å². The van der Waals surface area contributed by atoms with Gasteiger partial charge in [0.05, 0.1) is 0 Å². The molecule has 2 rings (SSSR count). The van der Waals surface area contributed by atoms with E-state index in [2.05, 4.69) is 4.98 Å². The van der Waals surface area contributed by atoms with Crippen LogP contribution in [0.1, 0.15) is 24.5 Å². The van der Waals surface area contributed by atoms with Gasteiger partial charge in [-0.2, -0.15) is 0 Å². The third kappa shape index (κ3) is 3.15. The van der Waals surface area contributed by atoms with Crippen molar-refractivity contribution in [1.82, 2.24) is 9.55 Å². The summed E-state index contributed by atoms with van der Waals surface area (Å²) in [6.07, 6.45) is 2.79. The lowest BCUT2D eigenvalue weighted by molar-refractivity contribution is 0.0802. The number of carbonyl (C=O) groups excluding carboxylic acids is 1. The molecule has 100 valence electrons. The van der Waals surface area contributed by atoms with Crippen LogP contribution in [0.5, 0.6) is 5.75 Å². The Morgan fingerprint density at radius 2 is 2.32 bits per heavy atom. The summed E-state index contributed by atoms with van der Waals surface area (Å²) in [6, 6.07) is 6.98. The van der Waals surface area contributed by atoms with E-state index < -0.39 is 6.10 Å². The second kappa shape index (κ2) is 5.89. The van der Waals surface area contributed by atoms with E-state index in [0.717, 1.165) is 0 Å². The van der Waals surface area contributed by atoms with Gasteiger partial charge < -0.3 is 9.30 Å². The van der Waals surface area contributed by atoms with Gasteiger partial charge >= 0.3 is 0 Å². The lowest BCUT2D eigenvalue weighted by atomic mass is 10.2. The van der Waals surface area contributed by atoms with Crippen LogP contribution < -0.4 is 4.74 Å². The smallest absolute Gasteiger partial charge is 0.238 e. The summed E-state index contributed by atoms with van der Waals surface area (Å²) in [4.78, 5) is 16.3. The van der Waals surface area contributed by atoms with E-state index in [0.29, 0.717) is 23.1 Å². The van der Waals surface area contributed by atoms with Gasteiger partial charge in [-0.25, -0.2) is 4.98 Å². The highest BCUT2D eigenvalue weighted by Crippen LogP contribution is 2.19. The zero-order valence-electron chi connectivity index (χ0n) is 10.8. The number of imidazole rings is 1. The third-order valence-corrected chi connectivity index (χ3v) is 2.99. The SMILES string of the molecule is CCn1ccnc1C(=O)C(C)Oc1cccc(Cl)c1. The van der Waals surface area contributed by atoms with E-state index in [-0.39, 0.29) is 5.78 Å². The first kappa shape index (κ1) is 13.6. The Labute approximate surface area is 117 Å². The summed E-state index contributed by atoms with van der Waals surface area (Å²) >= 11 is 5.87. The molecule has 0 aliphatic carbocycles. The zero-order valence-corrected chi connectivity index (χ0v) is 11.6. The minimum atomic E-state index is -0.605. The molecule has 0 aliphatic rings. The summed E-state index contributed by atoms with van der Waals surface area (Å²) in [5, 5.41) is 0.576. The van der Waals surface area contributed by atoms with Crippen LogP contribution in [0, 0.1) is 0 Å². The summed E-state index contributed by atoms with van der Waals surface area (Å²) in [5.41, 5.74) is 0. The van der Waals surface area contributed by atoms with Gasteiger partial charge in [-0.3, -0.25) is 4.79 Å². The van der Waals surface area contributed by atoms with Gasteiger partial charge in [0.25, 0.3) is 0 Å². The molecule has 0 fully saturated rings. The van der Waals surface area contributed by atoms with Gasteiger partial charge in [-0.1, -0.05) is 17.7 Å². The molecular weight excluding hydrogens is 264 g/mol. The first-order chi connectivity index (χ1) is 9.11. The average Bonchev–Trinajstić information content (AvgIpc) is 2.86. The van der Waals surface area contributed by atoms with Crippen LogP contribution in [-0.2, 0) is 6.54 Å². The largest absolute Gasteiger partial charge is 0.482 e. The number of nitrogens with zero attached hydrogens (tertiary/aromatic N) is 2. The number of aromatic nitrogens is 2. The van der Waals surface area contributed by atoms with Crippen LogP contribution in [0.15, 0.2) is 36.7 Å². The van der Waals surface area contributed by atoms with Crippen molar-refractivity contribution < 1.29 is 9.53 Å². The predicted molar refractivity (Wildman–Crippen MR) is 73.8 cm³/mol.